The van der Waals surface area contributed by atoms with Crippen molar-refractivity contribution in [3.63, 3.8) is 0 Å². The molecule has 1 saturated heterocycles. The lowest BCUT2D eigenvalue weighted by Gasteiger charge is -2.23. The van der Waals surface area contributed by atoms with Crippen LogP contribution in [0.1, 0.15) is 39.0 Å². The molecule has 1 rings (SSSR count). The first-order chi connectivity index (χ1) is 7.59. The highest BCUT2D eigenvalue weighted by Crippen LogP contribution is 2.09. The van der Waals surface area contributed by atoms with Crippen molar-refractivity contribution >= 4 is 12.0 Å². The third kappa shape index (κ3) is 4.51. The van der Waals surface area contributed by atoms with E-state index in [1.165, 1.54) is 12.8 Å². The topological polar surface area (TPSA) is 69.6 Å². The van der Waals surface area contributed by atoms with E-state index in [-0.39, 0.29) is 18.5 Å². The summed E-state index contributed by atoms with van der Waals surface area (Å²) in [5, 5.41) is 11.3. The average molecular weight is 228 g/mol. The van der Waals surface area contributed by atoms with Gasteiger partial charge in [-0.15, -0.1) is 0 Å². The minimum atomic E-state index is -0.885. The molecule has 5 heteroatoms. The smallest absolute Gasteiger partial charge is 0.317 e. The first kappa shape index (κ1) is 12.8. The Labute approximate surface area is 95.8 Å². The first-order valence-corrected chi connectivity index (χ1v) is 5.87. The summed E-state index contributed by atoms with van der Waals surface area (Å²) in [6.07, 6.45) is 4.41. The van der Waals surface area contributed by atoms with E-state index in [1.54, 1.807) is 11.8 Å². The molecule has 0 aromatic rings. The molecule has 2 amide bonds. The van der Waals surface area contributed by atoms with E-state index in [9.17, 15) is 9.59 Å². The summed E-state index contributed by atoms with van der Waals surface area (Å²) in [7, 11) is 0. The van der Waals surface area contributed by atoms with Crippen LogP contribution in [0.4, 0.5) is 4.79 Å². The first-order valence-electron chi connectivity index (χ1n) is 5.87. The van der Waals surface area contributed by atoms with Gasteiger partial charge in [0.15, 0.2) is 0 Å². The van der Waals surface area contributed by atoms with E-state index in [2.05, 4.69) is 5.32 Å². The highest BCUT2D eigenvalue weighted by molar-refractivity contribution is 5.75. The average Bonchev–Trinajstić information content (AvgIpc) is 2.43. The van der Waals surface area contributed by atoms with Crippen molar-refractivity contribution in [2.24, 2.45) is 0 Å². The Kier molecular flexibility index (Phi) is 5.08. The number of hydrogen-bond acceptors (Lipinski definition) is 2. The quantitative estimate of drug-likeness (QED) is 0.767. The molecule has 0 aromatic heterocycles. The molecule has 92 valence electrons. The van der Waals surface area contributed by atoms with Crippen LogP contribution in [-0.2, 0) is 4.79 Å². The standard InChI is InChI=1S/C11H20N2O3/c1-9(8-10(14)15)12-11(16)13-6-4-2-3-5-7-13/h9H,2-8H2,1H3,(H,12,16)(H,14,15). The Morgan fingerprint density at radius 3 is 2.31 bits per heavy atom. The zero-order valence-electron chi connectivity index (χ0n) is 9.74. The molecule has 1 aliphatic heterocycles. The number of carbonyl (C=O) groups excluding carboxylic acids is 1. The Morgan fingerprint density at radius 2 is 1.81 bits per heavy atom. The molecule has 1 aliphatic rings. The van der Waals surface area contributed by atoms with Crippen molar-refractivity contribution in [3.05, 3.63) is 0 Å². The molecule has 2 N–H and O–H groups in total. The van der Waals surface area contributed by atoms with Gasteiger partial charge in [-0.1, -0.05) is 12.8 Å². The Morgan fingerprint density at radius 1 is 1.25 bits per heavy atom. The van der Waals surface area contributed by atoms with Crippen LogP contribution in [0.25, 0.3) is 0 Å². The molecule has 1 fully saturated rings. The normalized spacial score (nSPS) is 18.7. The number of likely N-dealkylation sites (tertiary alicyclic amines) is 1. The number of carboxylic acids is 1. The molecule has 1 unspecified atom stereocenters. The van der Waals surface area contributed by atoms with Crippen molar-refractivity contribution in [1.29, 1.82) is 0 Å². The van der Waals surface area contributed by atoms with Crippen LogP contribution in [0.3, 0.4) is 0 Å². The van der Waals surface area contributed by atoms with E-state index in [1.807, 2.05) is 0 Å². The SMILES string of the molecule is CC(CC(=O)O)NC(=O)N1CCCCCC1. The van der Waals surface area contributed by atoms with E-state index in [0.717, 1.165) is 25.9 Å². The molecule has 5 nitrogen and oxygen atoms in total. The van der Waals surface area contributed by atoms with Gasteiger partial charge in [0.2, 0.25) is 0 Å². The van der Waals surface area contributed by atoms with Gasteiger partial charge in [0.1, 0.15) is 0 Å². The van der Waals surface area contributed by atoms with Crippen molar-refractivity contribution in [1.82, 2.24) is 10.2 Å². The van der Waals surface area contributed by atoms with Gasteiger partial charge in [-0.3, -0.25) is 4.79 Å². The number of aliphatic carboxylic acids is 1. The monoisotopic (exact) mass is 228 g/mol. The second-order valence-corrected chi connectivity index (χ2v) is 4.35. The molecule has 0 spiro atoms. The largest absolute Gasteiger partial charge is 0.481 e. The molecule has 0 aromatic carbocycles. The predicted octanol–water partition coefficient (Wildman–Crippen LogP) is 1.44. The number of carboxylic acid groups (broad SMARTS) is 1. The number of urea groups is 1. The number of rotatable bonds is 3. The van der Waals surface area contributed by atoms with Crippen LogP contribution in [0.2, 0.25) is 0 Å². The van der Waals surface area contributed by atoms with Gasteiger partial charge in [-0.05, 0) is 19.8 Å². The zero-order chi connectivity index (χ0) is 12.0. The second-order valence-electron chi connectivity index (χ2n) is 4.35. The van der Waals surface area contributed by atoms with Crippen molar-refractivity contribution in [2.75, 3.05) is 13.1 Å². The van der Waals surface area contributed by atoms with E-state index < -0.39 is 5.97 Å². The van der Waals surface area contributed by atoms with Gasteiger partial charge in [0.05, 0.1) is 6.42 Å². The van der Waals surface area contributed by atoms with Crippen LogP contribution in [0.5, 0.6) is 0 Å². The Balaban J connectivity index is 2.34. The summed E-state index contributed by atoms with van der Waals surface area (Å²) >= 11 is 0. The third-order valence-corrected chi connectivity index (χ3v) is 2.74. The van der Waals surface area contributed by atoms with E-state index in [4.69, 9.17) is 5.11 Å². The maximum atomic E-state index is 11.8. The van der Waals surface area contributed by atoms with Crippen LogP contribution in [-0.4, -0.2) is 41.1 Å². The Bertz CT molecular complexity index is 248. The summed E-state index contributed by atoms with van der Waals surface area (Å²) in [5.41, 5.74) is 0. The van der Waals surface area contributed by atoms with E-state index in [0.29, 0.717) is 0 Å². The van der Waals surface area contributed by atoms with Gasteiger partial charge in [0, 0.05) is 19.1 Å². The summed E-state index contributed by atoms with van der Waals surface area (Å²) in [4.78, 5) is 24.0. The highest BCUT2D eigenvalue weighted by atomic mass is 16.4. The summed E-state index contributed by atoms with van der Waals surface area (Å²) in [6.45, 7) is 3.28. The van der Waals surface area contributed by atoms with Crippen LogP contribution < -0.4 is 5.32 Å². The molecular weight excluding hydrogens is 208 g/mol. The molecule has 0 aliphatic carbocycles. The maximum absolute atomic E-state index is 11.8. The molecule has 0 bridgehead atoms. The minimum Gasteiger partial charge on any atom is -0.481 e. The Hall–Kier alpha value is -1.26. The van der Waals surface area contributed by atoms with Crippen molar-refractivity contribution in [3.8, 4) is 0 Å². The second kappa shape index (κ2) is 6.35. The van der Waals surface area contributed by atoms with Gasteiger partial charge >= 0.3 is 12.0 Å². The number of carbonyl (C=O) groups is 2. The highest BCUT2D eigenvalue weighted by Gasteiger charge is 2.17. The van der Waals surface area contributed by atoms with Gasteiger partial charge in [-0.2, -0.15) is 0 Å². The van der Waals surface area contributed by atoms with Crippen molar-refractivity contribution in [2.45, 2.75) is 45.1 Å². The molecule has 0 saturated carbocycles. The molecule has 16 heavy (non-hydrogen) atoms. The number of hydrogen-bond donors (Lipinski definition) is 2. The number of amides is 2. The van der Waals surface area contributed by atoms with Crippen molar-refractivity contribution < 1.29 is 14.7 Å². The molecule has 0 radical (unpaired) electrons. The van der Waals surface area contributed by atoms with E-state index >= 15 is 0 Å². The fourth-order valence-electron chi connectivity index (χ4n) is 1.89. The molecule has 1 heterocycles. The third-order valence-electron chi connectivity index (χ3n) is 2.74. The minimum absolute atomic E-state index is 0.0282. The fourth-order valence-corrected chi connectivity index (χ4v) is 1.89. The molecular formula is C11H20N2O3. The maximum Gasteiger partial charge on any atom is 0.317 e. The summed E-state index contributed by atoms with van der Waals surface area (Å²) in [5.74, 6) is -0.885. The van der Waals surface area contributed by atoms with Gasteiger partial charge in [0.25, 0.3) is 0 Å². The summed E-state index contributed by atoms with van der Waals surface area (Å²) in [6, 6.07) is -0.441. The number of nitrogens with zero attached hydrogens (tertiary/aromatic N) is 1. The van der Waals surface area contributed by atoms with Crippen LogP contribution in [0, 0.1) is 0 Å². The van der Waals surface area contributed by atoms with Gasteiger partial charge < -0.3 is 15.3 Å². The molecule has 1 atom stereocenters. The zero-order valence-corrected chi connectivity index (χ0v) is 9.74. The number of nitrogens with one attached hydrogen (secondary N) is 1. The lowest BCUT2D eigenvalue weighted by molar-refractivity contribution is -0.137. The lowest BCUT2D eigenvalue weighted by atomic mass is 10.2. The lowest BCUT2D eigenvalue weighted by Crippen LogP contribution is -2.44. The predicted molar refractivity (Wildman–Crippen MR) is 60.3 cm³/mol. The summed E-state index contributed by atoms with van der Waals surface area (Å²) < 4.78 is 0. The fraction of sp³-hybridized carbons (Fsp3) is 0.818. The van der Waals surface area contributed by atoms with Crippen LogP contribution >= 0.6 is 0 Å². The van der Waals surface area contributed by atoms with Crippen LogP contribution in [0.15, 0.2) is 0 Å². The van der Waals surface area contributed by atoms with Gasteiger partial charge in [-0.25, -0.2) is 4.79 Å².